The monoisotopic (exact) mass is 285 g/mol. The van der Waals surface area contributed by atoms with Crippen molar-refractivity contribution in [3.8, 4) is 0 Å². The minimum Gasteiger partial charge on any atom is -0.354 e. The number of nitrogens with one attached hydrogen (secondary N) is 1. The van der Waals surface area contributed by atoms with Gasteiger partial charge in [-0.2, -0.15) is 0 Å². The van der Waals surface area contributed by atoms with Gasteiger partial charge in [-0.25, -0.2) is 0 Å². The summed E-state index contributed by atoms with van der Waals surface area (Å²) in [6.07, 6.45) is 5.54. The zero-order valence-corrected chi connectivity index (χ0v) is 13.3. The van der Waals surface area contributed by atoms with Gasteiger partial charge in [0, 0.05) is 32.0 Å². The first-order valence-electron chi connectivity index (χ1n) is 7.85. The number of aromatic nitrogens is 1. The van der Waals surface area contributed by atoms with Gasteiger partial charge in [-0.15, -0.1) is 0 Å². The Morgan fingerprint density at radius 1 is 1.10 bits per heavy atom. The average Bonchev–Trinajstić information content (AvgIpc) is 2.96. The molecule has 0 aliphatic rings. The van der Waals surface area contributed by atoms with Gasteiger partial charge in [0.05, 0.1) is 0 Å². The number of aryl methyl sites for hydroxylation is 1. The summed E-state index contributed by atoms with van der Waals surface area (Å²) >= 11 is 0. The third-order valence-electron chi connectivity index (χ3n) is 3.69. The van der Waals surface area contributed by atoms with Crippen LogP contribution in [0.4, 0.5) is 0 Å². The highest BCUT2D eigenvalue weighted by atomic mass is 15.1. The molecule has 1 heterocycles. The molecule has 3 nitrogen and oxygen atoms in total. The quantitative estimate of drug-likeness (QED) is 0.714. The smallest absolute Gasteiger partial charge is 0.0230 e. The van der Waals surface area contributed by atoms with Crippen LogP contribution in [0.1, 0.15) is 24.5 Å². The van der Waals surface area contributed by atoms with Crippen LogP contribution >= 0.6 is 0 Å². The lowest BCUT2D eigenvalue weighted by Gasteiger charge is -2.16. The summed E-state index contributed by atoms with van der Waals surface area (Å²) in [5, 5.41) is 3.52. The zero-order valence-electron chi connectivity index (χ0n) is 13.3. The van der Waals surface area contributed by atoms with E-state index in [1.807, 2.05) is 0 Å². The third-order valence-corrected chi connectivity index (χ3v) is 3.69. The Balaban J connectivity index is 1.57. The standard InChI is InChI=1S/C18H27N3/c1-3-21-13-10-18(16-21)14-19-11-7-12-20(2)15-17-8-5-4-6-9-17/h4-6,8-10,13,16,19H,3,7,11-12,14-15H2,1-2H3. The highest BCUT2D eigenvalue weighted by Crippen LogP contribution is 2.03. The number of hydrogen-bond donors (Lipinski definition) is 1. The summed E-state index contributed by atoms with van der Waals surface area (Å²) in [6.45, 7) is 7.40. The van der Waals surface area contributed by atoms with Crippen molar-refractivity contribution in [3.05, 3.63) is 59.9 Å². The Morgan fingerprint density at radius 3 is 2.62 bits per heavy atom. The fraction of sp³-hybridized carbons (Fsp3) is 0.444. The van der Waals surface area contributed by atoms with Crippen LogP contribution in [0.15, 0.2) is 48.8 Å². The highest BCUT2D eigenvalue weighted by molar-refractivity contribution is 5.14. The van der Waals surface area contributed by atoms with Crippen LogP contribution in [0.3, 0.4) is 0 Å². The first kappa shape index (κ1) is 15.8. The summed E-state index contributed by atoms with van der Waals surface area (Å²) in [5.74, 6) is 0. The molecular formula is C18H27N3. The van der Waals surface area contributed by atoms with E-state index in [9.17, 15) is 0 Å². The summed E-state index contributed by atoms with van der Waals surface area (Å²) in [4.78, 5) is 2.38. The second-order valence-electron chi connectivity index (χ2n) is 5.60. The van der Waals surface area contributed by atoms with E-state index in [1.54, 1.807) is 0 Å². The van der Waals surface area contributed by atoms with Crippen molar-refractivity contribution in [1.82, 2.24) is 14.8 Å². The topological polar surface area (TPSA) is 20.2 Å². The first-order valence-corrected chi connectivity index (χ1v) is 7.85. The maximum atomic E-state index is 3.52. The maximum absolute atomic E-state index is 3.52. The van der Waals surface area contributed by atoms with Crippen LogP contribution in [0.2, 0.25) is 0 Å². The molecule has 0 aliphatic carbocycles. The fourth-order valence-corrected chi connectivity index (χ4v) is 2.47. The molecule has 0 bridgehead atoms. The summed E-state index contributed by atoms with van der Waals surface area (Å²) < 4.78 is 2.21. The molecule has 0 radical (unpaired) electrons. The van der Waals surface area contributed by atoms with Crippen molar-refractivity contribution in [1.29, 1.82) is 0 Å². The molecule has 0 amide bonds. The molecule has 0 aliphatic heterocycles. The lowest BCUT2D eigenvalue weighted by atomic mass is 10.2. The van der Waals surface area contributed by atoms with Crippen molar-refractivity contribution >= 4 is 0 Å². The molecule has 2 rings (SSSR count). The molecule has 114 valence electrons. The number of hydrogen-bond acceptors (Lipinski definition) is 2. The molecule has 0 fully saturated rings. The second-order valence-corrected chi connectivity index (χ2v) is 5.60. The molecule has 1 N–H and O–H groups in total. The van der Waals surface area contributed by atoms with Crippen molar-refractivity contribution in [3.63, 3.8) is 0 Å². The van der Waals surface area contributed by atoms with E-state index in [4.69, 9.17) is 0 Å². The molecule has 0 saturated heterocycles. The van der Waals surface area contributed by atoms with Gasteiger partial charge in [-0.05, 0) is 50.7 Å². The van der Waals surface area contributed by atoms with E-state index in [0.717, 1.165) is 32.7 Å². The molecule has 3 heteroatoms. The van der Waals surface area contributed by atoms with Gasteiger partial charge in [0.15, 0.2) is 0 Å². The van der Waals surface area contributed by atoms with E-state index >= 15 is 0 Å². The van der Waals surface area contributed by atoms with Gasteiger partial charge < -0.3 is 14.8 Å². The molecule has 0 spiro atoms. The van der Waals surface area contributed by atoms with Crippen LogP contribution in [-0.4, -0.2) is 29.6 Å². The highest BCUT2D eigenvalue weighted by Gasteiger charge is 2.00. The average molecular weight is 285 g/mol. The van der Waals surface area contributed by atoms with Crippen LogP contribution in [0.25, 0.3) is 0 Å². The molecule has 0 atom stereocenters. The van der Waals surface area contributed by atoms with Crippen LogP contribution < -0.4 is 5.32 Å². The van der Waals surface area contributed by atoms with Crippen molar-refractivity contribution in [2.45, 2.75) is 33.0 Å². The predicted molar refractivity (Wildman–Crippen MR) is 89.2 cm³/mol. The molecule has 0 unspecified atom stereocenters. The van der Waals surface area contributed by atoms with Crippen LogP contribution in [0, 0.1) is 0 Å². The normalized spacial score (nSPS) is 11.2. The number of benzene rings is 1. The molecule has 2 aromatic rings. The largest absolute Gasteiger partial charge is 0.354 e. The van der Waals surface area contributed by atoms with Crippen LogP contribution in [-0.2, 0) is 19.6 Å². The van der Waals surface area contributed by atoms with Gasteiger partial charge >= 0.3 is 0 Å². The number of nitrogens with zero attached hydrogens (tertiary/aromatic N) is 2. The van der Waals surface area contributed by atoms with E-state index in [2.05, 4.69) is 77.5 Å². The fourth-order valence-electron chi connectivity index (χ4n) is 2.47. The predicted octanol–water partition coefficient (Wildman–Crippen LogP) is 3.12. The second kappa shape index (κ2) is 8.65. The third kappa shape index (κ3) is 5.74. The Kier molecular flexibility index (Phi) is 6.51. The number of rotatable bonds is 9. The van der Waals surface area contributed by atoms with E-state index in [-0.39, 0.29) is 0 Å². The van der Waals surface area contributed by atoms with E-state index in [0.29, 0.717) is 0 Å². The SMILES string of the molecule is CCn1ccc(CNCCCN(C)Cc2ccccc2)c1. The lowest BCUT2D eigenvalue weighted by Crippen LogP contribution is -2.23. The molecule has 0 saturated carbocycles. The first-order chi connectivity index (χ1) is 10.3. The lowest BCUT2D eigenvalue weighted by molar-refractivity contribution is 0.319. The molecular weight excluding hydrogens is 258 g/mol. The molecule has 21 heavy (non-hydrogen) atoms. The summed E-state index contributed by atoms with van der Waals surface area (Å²) in [7, 11) is 2.19. The van der Waals surface area contributed by atoms with Gasteiger partial charge in [0.2, 0.25) is 0 Å². The van der Waals surface area contributed by atoms with Gasteiger partial charge in [0.1, 0.15) is 0 Å². The van der Waals surface area contributed by atoms with Gasteiger partial charge in [0.25, 0.3) is 0 Å². The minimum atomic E-state index is 0.968. The van der Waals surface area contributed by atoms with Crippen molar-refractivity contribution in [2.24, 2.45) is 0 Å². The van der Waals surface area contributed by atoms with Gasteiger partial charge in [-0.3, -0.25) is 0 Å². The van der Waals surface area contributed by atoms with E-state index < -0.39 is 0 Å². The van der Waals surface area contributed by atoms with Crippen molar-refractivity contribution < 1.29 is 0 Å². The molecule has 1 aromatic heterocycles. The summed E-state index contributed by atoms with van der Waals surface area (Å²) in [5.41, 5.74) is 2.75. The van der Waals surface area contributed by atoms with Crippen molar-refractivity contribution in [2.75, 3.05) is 20.1 Å². The Bertz CT molecular complexity index is 504. The van der Waals surface area contributed by atoms with Crippen LogP contribution in [0.5, 0.6) is 0 Å². The summed E-state index contributed by atoms with van der Waals surface area (Å²) in [6, 6.07) is 12.8. The Labute approximate surface area is 128 Å². The molecule has 1 aromatic carbocycles. The zero-order chi connectivity index (χ0) is 14.9. The minimum absolute atomic E-state index is 0.968. The Hall–Kier alpha value is -1.58. The maximum Gasteiger partial charge on any atom is 0.0230 e. The van der Waals surface area contributed by atoms with E-state index in [1.165, 1.54) is 17.5 Å². The Morgan fingerprint density at radius 2 is 1.90 bits per heavy atom. The van der Waals surface area contributed by atoms with Gasteiger partial charge in [-0.1, -0.05) is 30.3 Å².